The van der Waals surface area contributed by atoms with Crippen LogP contribution in [0.5, 0.6) is 11.5 Å². The summed E-state index contributed by atoms with van der Waals surface area (Å²) in [7, 11) is 4.91. The number of ether oxygens (including phenoxy) is 2. The molecule has 2 aromatic carbocycles. The number of benzene rings is 2. The summed E-state index contributed by atoms with van der Waals surface area (Å²) < 4.78 is 11.9. The molecule has 29 heavy (non-hydrogen) atoms. The van der Waals surface area contributed by atoms with E-state index in [4.69, 9.17) is 9.47 Å². The number of hydrogen-bond donors (Lipinski definition) is 0. The van der Waals surface area contributed by atoms with Crippen molar-refractivity contribution in [2.45, 2.75) is 19.9 Å². The molecule has 1 aromatic heterocycles. The molecule has 0 spiro atoms. The maximum atomic E-state index is 12.7. The fourth-order valence-corrected chi connectivity index (χ4v) is 3.17. The average Bonchev–Trinajstić information content (AvgIpc) is 2.74. The van der Waals surface area contributed by atoms with Crippen molar-refractivity contribution in [3.63, 3.8) is 0 Å². The lowest BCUT2D eigenvalue weighted by Gasteiger charge is -2.18. The lowest BCUT2D eigenvalue weighted by atomic mass is 10.1. The standard InChI is InChI=1S/C22H25N3O4/c1-15-6-5-7-17-21(15)23-14-25(22(17)27)13-20(26)24(2)11-10-16-8-9-18(28-3)19(12-16)29-4/h5-9,12,14H,10-11,13H2,1-4H3. The Kier molecular flexibility index (Phi) is 6.16. The molecule has 0 radical (unpaired) electrons. The monoisotopic (exact) mass is 395 g/mol. The van der Waals surface area contributed by atoms with Gasteiger partial charge in [0.25, 0.3) is 5.56 Å². The molecule has 0 bridgehead atoms. The zero-order valence-electron chi connectivity index (χ0n) is 17.1. The predicted molar refractivity (Wildman–Crippen MR) is 112 cm³/mol. The summed E-state index contributed by atoms with van der Waals surface area (Å²) in [5, 5.41) is 0.522. The van der Waals surface area contributed by atoms with Gasteiger partial charge in [-0.15, -0.1) is 0 Å². The number of nitrogens with zero attached hydrogens (tertiary/aromatic N) is 3. The highest BCUT2D eigenvalue weighted by atomic mass is 16.5. The van der Waals surface area contributed by atoms with Gasteiger partial charge >= 0.3 is 0 Å². The van der Waals surface area contributed by atoms with Crippen molar-refractivity contribution in [1.29, 1.82) is 0 Å². The Morgan fingerprint density at radius 2 is 1.90 bits per heavy atom. The van der Waals surface area contributed by atoms with Gasteiger partial charge in [-0.25, -0.2) is 4.98 Å². The van der Waals surface area contributed by atoms with E-state index in [1.165, 1.54) is 10.9 Å². The Labute approximate surface area is 169 Å². The van der Waals surface area contributed by atoms with E-state index in [1.807, 2.05) is 37.3 Å². The number of amides is 1. The first-order valence-electron chi connectivity index (χ1n) is 9.34. The van der Waals surface area contributed by atoms with E-state index in [2.05, 4.69) is 4.98 Å². The van der Waals surface area contributed by atoms with Gasteiger partial charge in [-0.2, -0.15) is 0 Å². The molecule has 1 heterocycles. The first-order chi connectivity index (χ1) is 13.9. The summed E-state index contributed by atoms with van der Waals surface area (Å²) in [6.07, 6.45) is 2.10. The number of fused-ring (bicyclic) bond motifs is 1. The zero-order valence-corrected chi connectivity index (χ0v) is 17.1. The van der Waals surface area contributed by atoms with Crippen LogP contribution in [0.4, 0.5) is 0 Å². The molecule has 0 saturated heterocycles. The van der Waals surface area contributed by atoms with Crippen LogP contribution < -0.4 is 15.0 Å². The van der Waals surface area contributed by atoms with E-state index in [9.17, 15) is 9.59 Å². The molecular formula is C22H25N3O4. The summed E-state index contributed by atoms with van der Waals surface area (Å²) in [6, 6.07) is 11.2. The minimum atomic E-state index is -0.208. The molecular weight excluding hydrogens is 370 g/mol. The van der Waals surface area contributed by atoms with E-state index in [0.29, 0.717) is 35.4 Å². The molecule has 7 heteroatoms. The number of aromatic nitrogens is 2. The van der Waals surface area contributed by atoms with E-state index in [1.54, 1.807) is 32.2 Å². The van der Waals surface area contributed by atoms with Crippen LogP contribution >= 0.6 is 0 Å². The number of carbonyl (C=O) groups is 1. The predicted octanol–water partition coefficient (Wildman–Crippen LogP) is 2.42. The molecule has 0 saturated carbocycles. The highest BCUT2D eigenvalue weighted by Gasteiger charge is 2.13. The molecule has 0 aliphatic rings. The van der Waals surface area contributed by atoms with Crippen molar-refractivity contribution in [1.82, 2.24) is 14.5 Å². The van der Waals surface area contributed by atoms with Crippen LogP contribution in [-0.2, 0) is 17.8 Å². The third-order valence-corrected chi connectivity index (χ3v) is 4.97. The summed E-state index contributed by atoms with van der Waals surface area (Å²) in [5.41, 5.74) is 2.43. The summed E-state index contributed by atoms with van der Waals surface area (Å²) in [5.74, 6) is 1.17. The number of para-hydroxylation sites is 1. The smallest absolute Gasteiger partial charge is 0.261 e. The van der Waals surface area contributed by atoms with Gasteiger partial charge in [-0.1, -0.05) is 18.2 Å². The molecule has 7 nitrogen and oxygen atoms in total. The quantitative estimate of drug-likeness (QED) is 0.614. The van der Waals surface area contributed by atoms with Crippen molar-refractivity contribution < 1.29 is 14.3 Å². The van der Waals surface area contributed by atoms with Gasteiger partial charge in [0.2, 0.25) is 5.91 Å². The Morgan fingerprint density at radius 1 is 1.14 bits per heavy atom. The summed E-state index contributed by atoms with van der Waals surface area (Å²) in [4.78, 5) is 31.2. The molecule has 152 valence electrons. The number of methoxy groups -OCH3 is 2. The highest BCUT2D eigenvalue weighted by Crippen LogP contribution is 2.27. The Bertz CT molecular complexity index is 1090. The van der Waals surface area contributed by atoms with E-state index in [-0.39, 0.29) is 18.0 Å². The van der Waals surface area contributed by atoms with Crippen LogP contribution in [0.2, 0.25) is 0 Å². The molecule has 0 atom stereocenters. The second-order valence-corrected chi connectivity index (χ2v) is 6.90. The Morgan fingerprint density at radius 3 is 2.62 bits per heavy atom. The van der Waals surface area contributed by atoms with Gasteiger partial charge < -0.3 is 14.4 Å². The summed E-state index contributed by atoms with van der Waals surface area (Å²) in [6.45, 7) is 2.38. The minimum Gasteiger partial charge on any atom is -0.493 e. The van der Waals surface area contributed by atoms with Gasteiger partial charge in [0, 0.05) is 13.6 Å². The van der Waals surface area contributed by atoms with Gasteiger partial charge in [-0.05, 0) is 42.7 Å². The molecule has 0 N–H and O–H groups in total. The third kappa shape index (κ3) is 4.39. The topological polar surface area (TPSA) is 73.7 Å². The number of rotatable bonds is 7. The average molecular weight is 395 g/mol. The van der Waals surface area contributed by atoms with Gasteiger partial charge in [0.1, 0.15) is 6.54 Å². The molecule has 1 amide bonds. The van der Waals surface area contributed by atoms with Crippen molar-refractivity contribution in [2.24, 2.45) is 0 Å². The molecule has 3 aromatic rings. The van der Waals surface area contributed by atoms with Crippen molar-refractivity contribution in [3.05, 3.63) is 64.2 Å². The molecule has 0 aliphatic carbocycles. The van der Waals surface area contributed by atoms with Gasteiger partial charge in [-0.3, -0.25) is 14.2 Å². The van der Waals surface area contributed by atoms with Crippen molar-refractivity contribution in [2.75, 3.05) is 27.8 Å². The number of hydrogen-bond acceptors (Lipinski definition) is 5. The number of aryl methyl sites for hydroxylation is 1. The molecule has 0 aliphatic heterocycles. The first-order valence-corrected chi connectivity index (χ1v) is 9.34. The second-order valence-electron chi connectivity index (χ2n) is 6.90. The van der Waals surface area contributed by atoms with Crippen molar-refractivity contribution in [3.8, 4) is 11.5 Å². The van der Waals surface area contributed by atoms with Gasteiger partial charge in [0.05, 0.1) is 31.4 Å². The highest BCUT2D eigenvalue weighted by molar-refractivity contribution is 5.81. The zero-order chi connectivity index (χ0) is 21.0. The van der Waals surface area contributed by atoms with Crippen LogP contribution in [0, 0.1) is 6.92 Å². The van der Waals surface area contributed by atoms with Crippen LogP contribution in [0.3, 0.4) is 0 Å². The lowest BCUT2D eigenvalue weighted by Crippen LogP contribution is -2.35. The van der Waals surface area contributed by atoms with Crippen LogP contribution in [0.25, 0.3) is 10.9 Å². The maximum absolute atomic E-state index is 12.7. The Balaban J connectivity index is 1.68. The SMILES string of the molecule is COc1ccc(CCN(C)C(=O)Cn2cnc3c(C)cccc3c2=O)cc1OC. The van der Waals surface area contributed by atoms with E-state index >= 15 is 0 Å². The fourth-order valence-electron chi connectivity index (χ4n) is 3.17. The number of likely N-dealkylation sites (N-methyl/N-ethyl adjacent to an activating group) is 1. The van der Waals surface area contributed by atoms with Crippen molar-refractivity contribution >= 4 is 16.8 Å². The molecule has 3 rings (SSSR count). The molecule has 0 fully saturated rings. The molecule has 0 unspecified atom stereocenters. The fraction of sp³-hybridized carbons (Fsp3) is 0.318. The van der Waals surface area contributed by atoms with Crippen LogP contribution in [-0.4, -0.2) is 48.2 Å². The summed E-state index contributed by atoms with van der Waals surface area (Å²) >= 11 is 0. The second kappa shape index (κ2) is 8.77. The van der Waals surface area contributed by atoms with Crippen LogP contribution in [0.1, 0.15) is 11.1 Å². The van der Waals surface area contributed by atoms with E-state index in [0.717, 1.165) is 11.1 Å². The van der Waals surface area contributed by atoms with Crippen LogP contribution in [0.15, 0.2) is 47.5 Å². The van der Waals surface area contributed by atoms with Gasteiger partial charge in [0.15, 0.2) is 11.5 Å². The number of carbonyl (C=O) groups excluding carboxylic acids is 1. The first kappa shape index (κ1) is 20.4. The lowest BCUT2D eigenvalue weighted by molar-refractivity contribution is -0.130. The Hall–Kier alpha value is -3.35. The largest absolute Gasteiger partial charge is 0.493 e. The third-order valence-electron chi connectivity index (χ3n) is 4.97. The maximum Gasteiger partial charge on any atom is 0.261 e. The van der Waals surface area contributed by atoms with E-state index < -0.39 is 0 Å². The minimum absolute atomic E-state index is 0.0435. The normalized spacial score (nSPS) is 10.8.